The van der Waals surface area contributed by atoms with E-state index < -0.39 is 0 Å². The Hall–Kier alpha value is -0.380. The van der Waals surface area contributed by atoms with Gasteiger partial charge in [0.2, 0.25) is 0 Å². The summed E-state index contributed by atoms with van der Waals surface area (Å²) >= 11 is 1.82. The molecular formula is C9H16N2S. The van der Waals surface area contributed by atoms with Crippen molar-refractivity contribution >= 4 is 11.3 Å². The molecule has 1 aromatic rings. The van der Waals surface area contributed by atoms with E-state index in [0.717, 1.165) is 19.6 Å². The molecule has 0 aliphatic heterocycles. The molecule has 0 aliphatic carbocycles. The second kappa shape index (κ2) is 5.30. The summed E-state index contributed by atoms with van der Waals surface area (Å²) in [6.07, 6.45) is 0. The van der Waals surface area contributed by atoms with Crippen LogP contribution in [0.4, 0.5) is 0 Å². The maximum Gasteiger partial charge on any atom is 0.0325 e. The molecule has 0 atom stereocenters. The predicted molar refractivity (Wildman–Crippen MR) is 54.6 cm³/mol. The van der Waals surface area contributed by atoms with E-state index in [-0.39, 0.29) is 0 Å². The molecular weight excluding hydrogens is 168 g/mol. The molecule has 1 aromatic heterocycles. The third kappa shape index (κ3) is 3.34. The van der Waals surface area contributed by atoms with Crippen LogP contribution in [0.1, 0.15) is 4.88 Å². The van der Waals surface area contributed by atoms with Gasteiger partial charge < -0.3 is 10.2 Å². The van der Waals surface area contributed by atoms with Crippen LogP contribution in [0.5, 0.6) is 0 Å². The maximum atomic E-state index is 3.14. The number of hydrogen-bond donors (Lipinski definition) is 1. The van der Waals surface area contributed by atoms with E-state index in [9.17, 15) is 0 Å². The van der Waals surface area contributed by atoms with Crippen molar-refractivity contribution in [1.82, 2.24) is 10.2 Å². The van der Waals surface area contributed by atoms with E-state index in [2.05, 4.69) is 34.8 Å². The summed E-state index contributed by atoms with van der Waals surface area (Å²) in [7, 11) is 4.13. The molecule has 1 heterocycles. The minimum absolute atomic E-state index is 1.06. The highest BCUT2D eigenvalue weighted by Crippen LogP contribution is 2.09. The van der Waals surface area contributed by atoms with Crippen molar-refractivity contribution in [2.75, 3.05) is 27.2 Å². The first kappa shape index (κ1) is 9.71. The van der Waals surface area contributed by atoms with Crippen molar-refractivity contribution in [2.24, 2.45) is 0 Å². The first-order valence-corrected chi connectivity index (χ1v) is 5.06. The number of rotatable bonds is 5. The zero-order valence-electron chi connectivity index (χ0n) is 7.71. The fourth-order valence-corrected chi connectivity index (χ4v) is 1.83. The van der Waals surface area contributed by atoms with Crippen LogP contribution in [0.2, 0.25) is 0 Å². The van der Waals surface area contributed by atoms with Gasteiger partial charge in [-0.15, -0.1) is 11.3 Å². The van der Waals surface area contributed by atoms with Gasteiger partial charge in [0.15, 0.2) is 0 Å². The van der Waals surface area contributed by atoms with Crippen LogP contribution in [-0.2, 0) is 6.54 Å². The average Bonchev–Trinajstić information content (AvgIpc) is 2.53. The molecule has 2 nitrogen and oxygen atoms in total. The number of likely N-dealkylation sites (N-methyl/N-ethyl adjacent to an activating group) is 2. The Bertz CT molecular complexity index is 196. The molecule has 68 valence electrons. The lowest BCUT2D eigenvalue weighted by atomic mass is 10.4. The number of hydrogen-bond acceptors (Lipinski definition) is 3. The highest BCUT2D eigenvalue weighted by atomic mass is 32.1. The van der Waals surface area contributed by atoms with E-state index in [0.29, 0.717) is 0 Å². The Kier molecular flexibility index (Phi) is 4.29. The Morgan fingerprint density at radius 1 is 1.58 bits per heavy atom. The quantitative estimate of drug-likeness (QED) is 0.744. The van der Waals surface area contributed by atoms with E-state index in [4.69, 9.17) is 0 Å². The number of nitrogens with zero attached hydrogens (tertiary/aromatic N) is 1. The SMILES string of the molecule is CNCCN(C)Cc1cccs1. The van der Waals surface area contributed by atoms with Crippen LogP contribution in [0, 0.1) is 0 Å². The van der Waals surface area contributed by atoms with Crippen LogP contribution in [0.25, 0.3) is 0 Å². The summed E-state index contributed by atoms with van der Waals surface area (Å²) in [5.74, 6) is 0. The van der Waals surface area contributed by atoms with E-state index in [1.165, 1.54) is 4.88 Å². The second-order valence-corrected chi connectivity index (χ2v) is 3.95. The average molecular weight is 184 g/mol. The van der Waals surface area contributed by atoms with Gasteiger partial charge in [-0.1, -0.05) is 6.07 Å². The Morgan fingerprint density at radius 3 is 3.00 bits per heavy atom. The zero-order chi connectivity index (χ0) is 8.81. The molecule has 0 aromatic carbocycles. The third-order valence-electron chi connectivity index (χ3n) is 1.75. The van der Waals surface area contributed by atoms with Gasteiger partial charge in [-0.25, -0.2) is 0 Å². The van der Waals surface area contributed by atoms with Crippen molar-refractivity contribution in [3.63, 3.8) is 0 Å². The minimum Gasteiger partial charge on any atom is -0.318 e. The summed E-state index contributed by atoms with van der Waals surface area (Å²) in [5, 5.41) is 5.27. The summed E-state index contributed by atoms with van der Waals surface area (Å²) in [5.41, 5.74) is 0. The van der Waals surface area contributed by atoms with Gasteiger partial charge in [0.25, 0.3) is 0 Å². The minimum atomic E-state index is 1.06. The fourth-order valence-electron chi connectivity index (χ4n) is 1.05. The van der Waals surface area contributed by atoms with Gasteiger partial charge in [0.05, 0.1) is 0 Å². The zero-order valence-corrected chi connectivity index (χ0v) is 8.53. The van der Waals surface area contributed by atoms with Gasteiger partial charge >= 0.3 is 0 Å². The highest BCUT2D eigenvalue weighted by molar-refractivity contribution is 7.09. The Balaban J connectivity index is 2.22. The summed E-state index contributed by atoms with van der Waals surface area (Å²) in [6.45, 7) is 3.23. The van der Waals surface area contributed by atoms with Crippen molar-refractivity contribution in [1.29, 1.82) is 0 Å². The molecule has 0 aliphatic rings. The Labute approximate surface area is 78.2 Å². The topological polar surface area (TPSA) is 15.3 Å². The van der Waals surface area contributed by atoms with Crippen LogP contribution >= 0.6 is 11.3 Å². The standard InChI is InChI=1S/C9H16N2S/c1-10-5-6-11(2)8-9-4-3-7-12-9/h3-4,7,10H,5-6,8H2,1-2H3. The van der Waals surface area contributed by atoms with Crippen molar-refractivity contribution in [3.05, 3.63) is 22.4 Å². The largest absolute Gasteiger partial charge is 0.318 e. The molecule has 12 heavy (non-hydrogen) atoms. The molecule has 0 radical (unpaired) electrons. The van der Waals surface area contributed by atoms with E-state index >= 15 is 0 Å². The van der Waals surface area contributed by atoms with E-state index in [1.54, 1.807) is 0 Å². The predicted octanol–water partition coefficient (Wildman–Crippen LogP) is 1.40. The van der Waals surface area contributed by atoms with Crippen molar-refractivity contribution in [2.45, 2.75) is 6.54 Å². The molecule has 0 bridgehead atoms. The van der Waals surface area contributed by atoms with Gasteiger partial charge in [0, 0.05) is 24.5 Å². The fraction of sp³-hybridized carbons (Fsp3) is 0.556. The third-order valence-corrected chi connectivity index (χ3v) is 2.61. The van der Waals surface area contributed by atoms with Crippen LogP contribution < -0.4 is 5.32 Å². The molecule has 0 saturated carbocycles. The summed E-state index contributed by atoms with van der Waals surface area (Å²) < 4.78 is 0. The van der Waals surface area contributed by atoms with Gasteiger partial charge in [-0.3, -0.25) is 0 Å². The summed E-state index contributed by atoms with van der Waals surface area (Å²) in [6, 6.07) is 4.28. The van der Waals surface area contributed by atoms with Crippen molar-refractivity contribution in [3.8, 4) is 0 Å². The molecule has 0 spiro atoms. The lowest BCUT2D eigenvalue weighted by molar-refractivity contribution is 0.331. The smallest absolute Gasteiger partial charge is 0.0325 e. The molecule has 3 heteroatoms. The number of thiophene rings is 1. The first-order chi connectivity index (χ1) is 5.83. The lowest BCUT2D eigenvalue weighted by Crippen LogP contribution is -2.26. The van der Waals surface area contributed by atoms with E-state index in [1.807, 2.05) is 18.4 Å². The Morgan fingerprint density at radius 2 is 2.42 bits per heavy atom. The first-order valence-electron chi connectivity index (χ1n) is 4.18. The van der Waals surface area contributed by atoms with Crippen LogP contribution in [0.3, 0.4) is 0 Å². The van der Waals surface area contributed by atoms with Gasteiger partial charge in [0.1, 0.15) is 0 Å². The van der Waals surface area contributed by atoms with Gasteiger partial charge in [-0.2, -0.15) is 0 Å². The molecule has 0 amide bonds. The highest BCUT2D eigenvalue weighted by Gasteiger charge is 1.98. The molecule has 0 saturated heterocycles. The second-order valence-electron chi connectivity index (χ2n) is 2.92. The lowest BCUT2D eigenvalue weighted by Gasteiger charge is -2.14. The normalized spacial score (nSPS) is 10.9. The molecule has 0 unspecified atom stereocenters. The van der Waals surface area contributed by atoms with Gasteiger partial charge in [-0.05, 0) is 25.5 Å². The van der Waals surface area contributed by atoms with Crippen LogP contribution in [-0.4, -0.2) is 32.1 Å². The maximum absolute atomic E-state index is 3.14. The molecule has 1 rings (SSSR count). The molecule has 0 fully saturated rings. The monoisotopic (exact) mass is 184 g/mol. The van der Waals surface area contributed by atoms with Crippen molar-refractivity contribution < 1.29 is 0 Å². The van der Waals surface area contributed by atoms with Crippen LogP contribution in [0.15, 0.2) is 17.5 Å². The summed E-state index contributed by atoms with van der Waals surface area (Å²) in [4.78, 5) is 3.76. The number of nitrogens with one attached hydrogen (secondary N) is 1. The molecule has 1 N–H and O–H groups in total.